The number of carbonyl (C=O) groups is 1. The lowest BCUT2D eigenvalue weighted by Crippen LogP contribution is -2.17. The van der Waals surface area contributed by atoms with Gasteiger partial charge in [0.1, 0.15) is 5.82 Å². The van der Waals surface area contributed by atoms with Crippen molar-refractivity contribution in [2.45, 2.75) is 13.8 Å². The summed E-state index contributed by atoms with van der Waals surface area (Å²) in [5.41, 5.74) is 6.38. The van der Waals surface area contributed by atoms with Crippen molar-refractivity contribution in [3.63, 3.8) is 0 Å². The van der Waals surface area contributed by atoms with E-state index in [9.17, 15) is 9.18 Å². The Hall–Kier alpha value is -2.92. The average Bonchev–Trinajstić information content (AvgIpc) is 2.89. The average molecular weight is 370 g/mol. The van der Waals surface area contributed by atoms with E-state index in [1.807, 2.05) is 30.5 Å². The number of aromatic nitrogens is 1. The van der Waals surface area contributed by atoms with Gasteiger partial charge in [0.2, 0.25) is 0 Å². The molecule has 0 fully saturated rings. The van der Waals surface area contributed by atoms with Gasteiger partial charge in [0.25, 0.3) is 5.91 Å². The Bertz CT molecular complexity index is 977. The molecular formula is C20H17ClFN3O. The molecule has 3 aromatic rings. The van der Waals surface area contributed by atoms with Crippen LogP contribution in [0.5, 0.6) is 0 Å². The van der Waals surface area contributed by atoms with Gasteiger partial charge < -0.3 is 4.57 Å². The highest BCUT2D eigenvalue weighted by atomic mass is 35.5. The number of halogens is 2. The van der Waals surface area contributed by atoms with Crippen LogP contribution in [0.2, 0.25) is 5.02 Å². The second-order valence-corrected chi connectivity index (χ2v) is 6.28. The SMILES string of the molecule is Cc1cc(/C=N\NC(=O)c2ccc(Cl)cc2)c(C)n1-c1cccc(F)c1. The summed E-state index contributed by atoms with van der Waals surface area (Å²) in [5, 5.41) is 4.59. The van der Waals surface area contributed by atoms with E-state index >= 15 is 0 Å². The molecule has 26 heavy (non-hydrogen) atoms. The van der Waals surface area contributed by atoms with Crippen molar-refractivity contribution in [1.29, 1.82) is 0 Å². The summed E-state index contributed by atoms with van der Waals surface area (Å²) in [5.74, 6) is -0.614. The van der Waals surface area contributed by atoms with Crippen LogP contribution >= 0.6 is 11.6 Å². The Morgan fingerprint density at radius 3 is 2.58 bits per heavy atom. The first-order chi connectivity index (χ1) is 12.5. The first-order valence-corrected chi connectivity index (χ1v) is 8.37. The molecule has 0 unspecified atom stereocenters. The smallest absolute Gasteiger partial charge is 0.271 e. The summed E-state index contributed by atoms with van der Waals surface area (Å²) < 4.78 is 15.4. The maximum atomic E-state index is 13.5. The predicted molar refractivity (Wildman–Crippen MR) is 102 cm³/mol. The molecule has 6 heteroatoms. The molecule has 0 spiro atoms. The van der Waals surface area contributed by atoms with Crippen LogP contribution in [-0.4, -0.2) is 16.7 Å². The van der Waals surface area contributed by atoms with Crippen LogP contribution in [-0.2, 0) is 0 Å². The number of amides is 1. The largest absolute Gasteiger partial charge is 0.318 e. The molecule has 0 aliphatic carbocycles. The lowest BCUT2D eigenvalue weighted by molar-refractivity contribution is 0.0955. The molecule has 4 nitrogen and oxygen atoms in total. The second-order valence-electron chi connectivity index (χ2n) is 5.85. The Kier molecular flexibility index (Phi) is 5.19. The normalized spacial score (nSPS) is 11.1. The molecule has 0 radical (unpaired) electrons. The third kappa shape index (κ3) is 3.83. The van der Waals surface area contributed by atoms with E-state index in [0.29, 0.717) is 10.6 Å². The van der Waals surface area contributed by atoms with Crippen LogP contribution in [0.15, 0.2) is 59.7 Å². The molecule has 3 rings (SSSR count). The Balaban J connectivity index is 1.78. The number of nitrogens with zero attached hydrogens (tertiary/aromatic N) is 2. The van der Waals surface area contributed by atoms with E-state index in [4.69, 9.17) is 11.6 Å². The molecule has 0 saturated heterocycles. The molecule has 2 aromatic carbocycles. The molecule has 0 aliphatic heterocycles. The summed E-state index contributed by atoms with van der Waals surface area (Å²) in [7, 11) is 0. The van der Waals surface area contributed by atoms with Gasteiger partial charge in [-0.05, 0) is 62.4 Å². The summed E-state index contributed by atoms with van der Waals surface area (Å²) in [6.07, 6.45) is 1.58. The predicted octanol–water partition coefficient (Wildman–Crippen LogP) is 4.65. The second kappa shape index (κ2) is 7.54. The van der Waals surface area contributed by atoms with Gasteiger partial charge in [0.15, 0.2) is 0 Å². The number of hydrogen-bond donors (Lipinski definition) is 1. The molecule has 1 heterocycles. The van der Waals surface area contributed by atoms with Gasteiger partial charge in [0.05, 0.1) is 6.21 Å². The summed E-state index contributed by atoms with van der Waals surface area (Å²) >= 11 is 5.81. The maximum Gasteiger partial charge on any atom is 0.271 e. The highest BCUT2D eigenvalue weighted by molar-refractivity contribution is 6.30. The van der Waals surface area contributed by atoms with Gasteiger partial charge in [-0.1, -0.05) is 17.7 Å². The van der Waals surface area contributed by atoms with Crippen molar-refractivity contribution < 1.29 is 9.18 Å². The lowest BCUT2D eigenvalue weighted by Gasteiger charge is -2.09. The molecule has 1 N–H and O–H groups in total. The topological polar surface area (TPSA) is 46.4 Å². The van der Waals surface area contributed by atoms with Gasteiger partial charge in [-0.25, -0.2) is 9.82 Å². The van der Waals surface area contributed by atoms with E-state index < -0.39 is 0 Å². The van der Waals surface area contributed by atoms with Crippen molar-refractivity contribution in [2.75, 3.05) is 0 Å². The number of nitrogens with one attached hydrogen (secondary N) is 1. The fourth-order valence-electron chi connectivity index (χ4n) is 2.76. The first kappa shape index (κ1) is 17.9. The van der Waals surface area contributed by atoms with Crippen molar-refractivity contribution in [3.05, 3.63) is 88.0 Å². The highest BCUT2D eigenvalue weighted by Crippen LogP contribution is 2.20. The Labute approximate surface area is 155 Å². The highest BCUT2D eigenvalue weighted by Gasteiger charge is 2.10. The molecule has 1 aromatic heterocycles. The first-order valence-electron chi connectivity index (χ1n) is 7.99. The third-order valence-corrected chi connectivity index (χ3v) is 4.26. The maximum absolute atomic E-state index is 13.5. The number of benzene rings is 2. The third-order valence-electron chi connectivity index (χ3n) is 4.01. The van der Waals surface area contributed by atoms with Gasteiger partial charge in [0, 0.05) is 33.2 Å². The number of carbonyl (C=O) groups excluding carboxylic acids is 1. The lowest BCUT2D eigenvalue weighted by atomic mass is 10.2. The van der Waals surface area contributed by atoms with Crippen LogP contribution in [0.4, 0.5) is 4.39 Å². The quantitative estimate of drug-likeness (QED) is 0.528. The van der Waals surface area contributed by atoms with E-state index in [0.717, 1.165) is 22.6 Å². The van der Waals surface area contributed by atoms with E-state index in [2.05, 4.69) is 10.5 Å². The van der Waals surface area contributed by atoms with E-state index in [1.165, 1.54) is 12.1 Å². The number of aryl methyl sites for hydroxylation is 1. The fourth-order valence-corrected chi connectivity index (χ4v) is 2.88. The number of hydrazone groups is 1. The minimum Gasteiger partial charge on any atom is -0.318 e. The van der Waals surface area contributed by atoms with Gasteiger partial charge in [-0.3, -0.25) is 4.79 Å². The molecule has 0 saturated carbocycles. The van der Waals surface area contributed by atoms with E-state index in [1.54, 1.807) is 36.5 Å². The van der Waals surface area contributed by atoms with Crippen LogP contribution in [0.25, 0.3) is 5.69 Å². The fraction of sp³-hybridized carbons (Fsp3) is 0.100. The molecule has 0 atom stereocenters. The number of rotatable bonds is 4. The monoisotopic (exact) mass is 369 g/mol. The van der Waals surface area contributed by atoms with Gasteiger partial charge >= 0.3 is 0 Å². The van der Waals surface area contributed by atoms with Crippen molar-refractivity contribution in [1.82, 2.24) is 9.99 Å². The zero-order valence-corrected chi connectivity index (χ0v) is 15.1. The zero-order valence-electron chi connectivity index (χ0n) is 14.3. The Morgan fingerprint density at radius 2 is 1.88 bits per heavy atom. The molecule has 0 aliphatic rings. The standard InChI is InChI=1S/C20H17ClFN3O/c1-13-10-16(14(2)25(13)19-5-3-4-18(22)11-19)12-23-24-20(26)15-6-8-17(21)9-7-15/h3-12H,1-2H3,(H,24,26)/b23-12-. The van der Waals surface area contributed by atoms with Crippen molar-refractivity contribution in [3.8, 4) is 5.69 Å². The molecular weight excluding hydrogens is 353 g/mol. The van der Waals surface area contributed by atoms with Crippen LogP contribution < -0.4 is 5.43 Å². The summed E-state index contributed by atoms with van der Waals surface area (Å²) in [6, 6.07) is 14.9. The van der Waals surface area contributed by atoms with Crippen LogP contribution in [0, 0.1) is 19.7 Å². The van der Waals surface area contributed by atoms with Gasteiger partial charge in [-0.15, -0.1) is 0 Å². The van der Waals surface area contributed by atoms with Crippen LogP contribution in [0.1, 0.15) is 27.3 Å². The molecule has 1 amide bonds. The minimum absolute atomic E-state index is 0.291. The molecule has 132 valence electrons. The molecule has 0 bridgehead atoms. The zero-order chi connectivity index (χ0) is 18.7. The van der Waals surface area contributed by atoms with Gasteiger partial charge in [-0.2, -0.15) is 5.10 Å². The minimum atomic E-state index is -0.322. The van der Waals surface area contributed by atoms with E-state index in [-0.39, 0.29) is 11.7 Å². The summed E-state index contributed by atoms with van der Waals surface area (Å²) in [6.45, 7) is 3.85. The van der Waals surface area contributed by atoms with Crippen molar-refractivity contribution >= 4 is 23.7 Å². The number of hydrogen-bond acceptors (Lipinski definition) is 2. The Morgan fingerprint density at radius 1 is 1.15 bits per heavy atom. The summed E-state index contributed by atoms with van der Waals surface area (Å²) in [4.78, 5) is 12.0. The van der Waals surface area contributed by atoms with Crippen molar-refractivity contribution in [2.24, 2.45) is 5.10 Å². The van der Waals surface area contributed by atoms with Crippen LogP contribution in [0.3, 0.4) is 0 Å².